The van der Waals surface area contributed by atoms with Crippen molar-refractivity contribution in [3.63, 3.8) is 0 Å². The molecule has 0 aromatic heterocycles. The maximum atomic E-state index is 13.4. The monoisotopic (exact) mass is 513 g/mol. The van der Waals surface area contributed by atoms with E-state index in [1.165, 1.54) is 6.92 Å². The van der Waals surface area contributed by atoms with Crippen molar-refractivity contribution < 1.29 is 9.59 Å². The van der Waals surface area contributed by atoms with Gasteiger partial charge in [-0.15, -0.1) is 0 Å². The number of ketones is 1. The molecule has 3 heteroatoms. The first-order chi connectivity index (χ1) is 18.9. The minimum Gasteiger partial charge on any atom is -0.321 e. The molecule has 196 valence electrons. The second-order valence-corrected chi connectivity index (χ2v) is 9.59. The van der Waals surface area contributed by atoms with Crippen LogP contribution in [-0.2, 0) is 9.59 Å². The van der Waals surface area contributed by atoms with E-state index in [-0.39, 0.29) is 17.6 Å². The molecular weight excluding hydrogens is 478 g/mol. The molecule has 0 atom stereocenters. The zero-order valence-corrected chi connectivity index (χ0v) is 23.3. The summed E-state index contributed by atoms with van der Waals surface area (Å²) < 4.78 is 0. The summed E-state index contributed by atoms with van der Waals surface area (Å²) in [5, 5.41) is 3.02. The molecule has 4 aromatic carbocycles. The number of allylic oxidation sites excluding steroid dienone is 1. The molecule has 0 fully saturated rings. The van der Waals surface area contributed by atoms with Crippen LogP contribution in [0.2, 0.25) is 0 Å². The lowest BCUT2D eigenvalue weighted by Crippen LogP contribution is -2.18. The molecule has 1 aliphatic rings. The van der Waals surface area contributed by atoms with Gasteiger partial charge in [-0.2, -0.15) is 0 Å². The summed E-state index contributed by atoms with van der Waals surface area (Å²) in [4.78, 5) is 26.4. The first kappa shape index (κ1) is 27.5. The zero-order chi connectivity index (χ0) is 27.9. The van der Waals surface area contributed by atoms with Gasteiger partial charge in [0.1, 0.15) is 0 Å². The third kappa shape index (κ3) is 5.83. The van der Waals surface area contributed by atoms with Crippen LogP contribution >= 0.6 is 0 Å². The lowest BCUT2D eigenvalue weighted by atomic mass is 9.85. The first-order valence-electron chi connectivity index (χ1n) is 13.6. The fourth-order valence-electron chi connectivity index (χ4n) is 5.00. The Balaban J connectivity index is 0.00000172. The molecule has 1 amide bonds. The predicted molar refractivity (Wildman–Crippen MR) is 163 cm³/mol. The van der Waals surface area contributed by atoms with Gasteiger partial charge in [-0.25, -0.2) is 0 Å². The molecule has 0 aliphatic carbocycles. The fraction of sp³-hybridized carbons (Fsp3) is 0.167. The lowest BCUT2D eigenvalue weighted by Gasteiger charge is -2.17. The highest BCUT2D eigenvalue weighted by molar-refractivity contribution is 6.25. The van der Waals surface area contributed by atoms with Crippen LogP contribution in [-0.4, -0.2) is 11.7 Å². The fourth-order valence-corrected chi connectivity index (χ4v) is 5.00. The molecule has 5 rings (SSSR count). The Bertz CT molecular complexity index is 1510. The molecule has 1 aliphatic heterocycles. The van der Waals surface area contributed by atoms with Gasteiger partial charge in [-0.1, -0.05) is 137 Å². The van der Waals surface area contributed by atoms with Crippen LogP contribution in [0.15, 0.2) is 120 Å². The number of hydrogen-bond donors (Lipinski definition) is 1. The number of benzene rings is 4. The van der Waals surface area contributed by atoms with E-state index in [2.05, 4.69) is 55.6 Å². The first-order valence-corrected chi connectivity index (χ1v) is 13.6. The SMILES string of the molecule is CC.CC(=O)C1=C(c2ccc(-c3ccccc3)cc2)NC(=O)/C1=C(\c1ccc(-c2ccccc2)cc1)C(C)C. The molecule has 0 saturated heterocycles. The van der Waals surface area contributed by atoms with E-state index in [1.54, 1.807) is 0 Å². The summed E-state index contributed by atoms with van der Waals surface area (Å²) in [6, 6.07) is 36.5. The third-order valence-corrected chi connectivity index (χ3v) is 6.75. The van der Waals surface area contributed by atoms with Crippen molar-refractivity contribution in [3.8, 4) is 22.3 Å². The van der Waals surface area contributed by atoms with Crippen molar-refractivity contribution in [2.75, 3.05) is 0 Å². The molecule has 0 unspecified atom stereocenters. The van der Waals surface area contributed by atoms with E-state index in [1.807, 2.05) is 86.6 Å². The topological polar surface area (TPSA) is 46.2 Å². The normalized spacial score (nSPS) is 14.1. The van der Waals surface area contributed by atoms with Gasteiger partial charge in [0, 0.05) is 0 Å². The molecule has 1 N–H and O–H groups in total. The summed E-state index contributed by atoms with van der Waals surface area (Å²) in [6.45, 7) is 9.65. The van der Waals surface area contributed by atoms with E-state index in [0.29, 0.717) is 16.8 Å². The van der Waals surface area contributed by atoms with E-state index in [4.69, 9.17) is 0 Å². The van der Waals surface area contributed by atoms with Crippen LogP contribution in [0.4, 0.5) is 0 Å². The van der Waals surface area contributed by atoms with Crippen LogP contribution in [0.5, 0.6) is 0 Å². The van der Waals surface area contributed by atoms with Gasteiger partial charge in [-0.05, 0) is 51.8 Å². The second-order valence-electron chi connectivity index (χ2n) is 9.59. The van der Waals surface area contributed by atoms with Crippen LogP contribution in [0.3, 0.4) is 0 Å². The van der Waals surface area contributed by atoms with Gasteiger partial charge in [0.25, 0.3) is 5.91 Å². The average Bonchev–Trinajstić information content (AvgIpc) is 3.32. The summed E-state index contributed by atoms with van der Waals surface area (Å²) in [7, 11) is 0. The number of Topliss-reactive ketones (excluding diaryl/α,β-unsaturated/α-hetero) is 1. The number of hydrogen-bond acceptors (Lipinski definition) is 2. The van der Waals surface area contributed by atoms with E-state index in [0.717, 1.165) is 39.0 Å². The van der Waals surface area contributed by atoms with Gasteiger partial charge in [0.15, 0.2) is 5.78 Å². The van der Waals surface area contributed by atoms with E-state index in [9.17, 15) is 9.59 Å². The van der Waals surface area contributed by atoms with Gasteiger partial charge >= 0.3 is 0 Å². The molecule has 0 spiro atoms. The van der Waals surface area contributed by atoms with Crippen molar-refractivity contribution >= 4 is 23.0 Å². The molecule has 0 saturated carbocycles. The van der Waals surface area contributed by atoms with Crippen molar-refractivity contribution in [1.29, 1.82) is 0 Å². The van der Waals surface area contributed by atoms with Gasteiger partial charge in [0.05, 0.1) is 16.8 Å². The van der Waals surface area contributed by atoms with Gasteiger partial charge < -0.3 is 5.32 Å². The average molecular weight is 514 g/mol. The van der Waals surface area contributed by atoms with E-state index >= 15 is 0 Å². The number of carbonyl (C=O) groups is 2. The molecular formula is C36H35NO2. The third-order valence-electron chi connectivity index (χ3n) is 6.75. The van der Waals surface area contributed by atoms with Crippen molar-refractivity contribution in [2.24, 2.45) is 5.92 Å². The van der Waals surface area contributed by atoms with Crippen molar-refractivity contribution in [3.05, 3.63) is 131 Å². The van der Waals surface area contributed by atoms with Crippen LogP contribution in [0.1, 0.15) is 45.7 Å². The van der Waals surface area contributed by atoms with Gasteiger partial charge in [-0.3, -0.25) is 9.59 Å². The minimum atomic E-state index is -0.233. The Morgan fingerprint density at radius 3 is 1.46 bits per heavy atom. The molecule has 39 heavy (non-hydrogen) atoms. The smallest absolute Gasteiger partial charge is 0.256 e. The van der Waals surface area contributed by atoms with E-state index < -0.39 is 0 Å². The summed E-state index contributed by atoms with van der Waals surface area (Å²) in [5.74, 6) is -0.324. The highest BCUT2D eigenvalue weighted by atomic mass is 16.2. The number of amides is 1. The molecule has 0 bridgehead atoms. The molecule has 1 heterocycles. The van der Waals surface area contributed by atoms with Crippen LogP contribution < -0.4 is 5.32 Å². The second kappa shape index (κ2) is 12.4. The quantitative estimate of drug-likeness (QED) is 0.262. The summed E-state index contributed by atoms with van der Waals surface area (Å²) >= 11 is 0. The van der Waals surface area contributed by atoms with Crippen LogP contribution in [0, 0.1) is 5.92 Å². The number of rotatable bonds is 6. The zero-order valence-electron chi connectivity index (χ0n) is 23.3. The van der Waals surface area contributed by atoms with Gasteiger partial charge in [0.2, 0.25) is 0 Å². The Morgan fingerprint density at radius 2 is 1.03 bits per heavy atom. The Kier molecular flexibility index (Phi) is 8.73. The van der Waals surface area contributed by atoms with Crippen LogP contribution in [0.25, 0.3) is 33.5 Å². The van der Waals surface area contributed by atoms with Crippen molar-refractivity contribution in [2.45, 2.75) is 34.6 Å². The largest absolute Gasteiger partial charge is 0.321 e. The summed E-state index contributed by atoms with van der Waals surface area (Å²) in [5.41, 5.74) is 8.57. The standard InChI is InChI=1S/C34H29NO2.C2H6/c1-22(2)30(28-18-14-26(15-19-28)24-10-6-4-7-11-24)32-31(23(3)36)33(35-34(32)37)29-20-16-27(17-21-29)25-12-8-5-9-13-25;1-2/h4-22H,1-3H3,(H,35,37);1-2H3/b32-30-;. The Hall–Kier alpha value is -4.50. The maximum Gasteiger partial charge on any atom is 0.256 e. The molecule has 0 radical (unpaired) electrons. The summed E-state index contributed by atoms with van der Waals surface area (Å²) in [6.07, 6.45) is 0. The lowest BCUT2D eigenvalue weighted by molar-refractivity contribution is -0.117. The highest BCUT2D eigenvalue weighted by Crippen LogP contribution is 2.38. The number of nitrogens with one attached hydrogen (secondary N) is 1. The van der Waals surface area contributed by atoms with Crippen molar-refractivity contribution in [1.82, 2.24) is 5.32 Å². The minimum absolute atomic E-state index is 0.0393. The maximum absolute atomic E-state index is 13.4. The number of carbonyl (C=O) groups excluding carboxylic acids is 2. The molecule has 3 nitrogen and oxygen atoms in total. The highest BCUT2D eigenvalue weighted by Gasteiger charge is 2.34. The predicted octanol–water partition coefficient (Wildman–Crippen LogP) is 8.59. The molecule has 4 aromatic rings. The Morgan fingerprint density at radius 1 is 0.615 bits per heavy atom. The Labute approximate surface area is 231 Å².